The minimum atomic E-state index is -0.593. The van der Waals surface area contributed by atoms with Crippen molar-refractivity contribution in [1.29, 1.82) is 0 Å². The molecule has 3 aliphatic heterocycles. The van der Waals surface area contributed by atoms with Crippen LogP contribution in [-0.2, 0) is 28.0 Å². The van der Waals surface area contributed by atoms with Gasteiger partial charge in [0.1, 0.15) is 24.2 Å². The lowest BCUT2D eigenvalue weighted by molar-refractivity contribution is -0.150. The Morgan fingerprint density at radius 3 is 2.93 bits per heavy atom. The first-order chi connectivity index (χ1) is 14.2. The lowest BCUT2D eigenvalue weighted by atomic mass is 9.77. The highest BCUT2D eigenvalue weighted by Gasteiger charge is 2.50. The molecule has 3 aliphatic rings. The number of fused-ring (bicyclic) bond motifs is 2. The minimum Gasteiger partial charge on any atom is -0.364 e. The summed E-state index contributed by atoms with van der Waals surface area (Å²) in [7, 11) is 0. The van der Waals surface area contributed by atoms with Gasteiger partial charge in [-0.3, -0.25) is 9.59 Å². The zero-order chi connectivity index (χ0) is 19.8. The van der Waals surface area contributed by atoms with Crippen LogP contribution in [0.5, 0.6) is 0 Å². The quantitative estimate of drug-likeness (QED) is 0.763. The molecule has 0 aliphatic carbocycles. The molecule has 0 saturated carbocycles. The van der Waals surface area contributed by atoms with Gasteiger partial charge in [-0.25, -0.2) is 4.98 Å². The van der Waals surface area contributed by atoms with Crippen LogP contribution in [-0.4, -0.2) is 65.2 Å². The van der Waals surface area contributed by atoms with E-state index in [4.69, 9.17) is 4.74 Å². The van der Waals surface area contributed by atoms with E-state index in [1.54, 1.807) is 0 Å². The molecule has 8 nitrogen and oxygen atoms in total. The van der Waals surface area contributed by atoms with E-state index in [9.17, 15) is 9.59 Å². The largest absolute Gasteiger partial charge is 0.364 e. The maximum Gasteiger partial charge on any atom is 0.274 e. The van der Waals surface area contributed by atoms with Gasteiger partial charge in [0.2, 0.25) is 5.91 Å². The molecule has 4 heterocycles. The number of nitrogens with zero attached hydrogens (tertiary/aromatic N) is 3. The number of hydrogen-bond acceptors (Lipinski definition) is 5. The molecule has 8 heteroatoms. The predicted molar refractivity (Wildman–Crippen MR) is 105 cm³/mol. The summed E-state index contributed by atoms with van der Waals surface area (Å²) in [6, 6.07) is 9.91. The second-order valence-electron chi connectivity index (χ2n) is 7.92. The summed E-state index contributed by atoms with van der Waals surface area (Å²) in [5.74, 6) is 0.771. The normalized spacial score (nSPS) is 26.8. The van der Waals surface area contributed by atoms with Gasteiger partial charge in [-0.1, -0.05) is 30.3 Å². The van der Waals surface area contributed by atoms with E-state index >= 15 is 0 Å². The third-order valence-electron chi connectivity index (χ3n) is 6.20. The molecule has 2 atom stereocenters. The minimum absolute atomic E-state index is 0.0209. The number of amides is 2. The first-order valence-corrected chi connectivity index (χ1v) is 10.2. The first-order valence-electron chi connectivity index (χ1n) is 10.2. The second-order valence-corrected chi connectivity index (χ2v) is 7.92. The van der Waals surface area contributed by atoms with E-state index in [2.05, 4.69) is 20.2 Å². The molecule has 0 radical (unpaired) electrons. The second kappa shape index (κ2) is 7.27. The fraction of sp³-hybridized carbons (Fsp3) is 0.476. The highest BCUT2D eigenvalue weighted by atomic mass is 16.5. The lowest BCUT2D eigenvalue weighted by Crippen LogP contribution is -2.67. The van der Waals surface area contributed by atoms with Crippen molar-refractivity contribution in [2.24, 2.45) is 0 Å². The molecular weight excluding hydrogens is 370 g/mol. The number of carbonyl (C=O) groups is 2. The molecular formula is C21H25N5O3. The number of imidazole rings is 1. The van der Waals surface area contributed by atoms with Crippen molar-refractivity contribution in [2.75, 3.05) is 32.8 Å². The van der Waals surface area contributed by atoms with E-state index in [1.807, 2.05) is 41.4 Å². The van der Waals surface area contributed by atoms with Gasteiger partial charge in [0.05, 0.1) is 5.54 Å². The van der Waals surface area contributed by atoms with Crippen molar-refractivity contribution in [3.05, 3.63) is 53.6 Å². The Labute approximate surface area is 169 Å². The van der Waals surface area contributed by atoms with Gasteiger partial charge in [0.15, 0.2) is 0 Å². The third kappa shape index (κ3) is 3.22. The number of likely N-dealkylation sites (tertiary alicyclic amines) is 1. The summed E-state index contributed by atoms with van der Waals surface area (Å²) in [4.78, 5) is 31.7. The topological polar surface area (TPSA) is 88.5 Å². The molecule has 0 spiro atoms. The van der Waals surface area contributed by atoms with Crippen LogP contribution in [0, 0.1) is 0 Å². The van der Waals surface area contributed by atoms with Crippen LogP contribution in [0.2, 0.25) is 0 Å². The zero-order valence-corrected chi connectivity index (χ0v) is 16.3. The molecule has 29 heavy (non-hydrogen) atoms. The average molecular weight is 395 g/mol. The van der Waals surface area contributed by atoms with Crippen molar-refractivity contribution in [3.63, 3.8) is 0 Å². The zero-order valence-electron chi connectivity index (χ0n) is 16.3. The third-order valence-corrected chi connectivity index (χ3v) is 6.20. The van der Waals surface area contributed by atoms with Crippen molar-refractivity contribution in [3.8, 4) is 0 Å². The number of ether oxygens (including phenoxy) is 1. The predicted octanol–water partition coefficient (Wildman–Crippen LogP) is 0.285. The van der Waals surface area contributed by atoms with Gasteiger partial charge in [-0.2, -0.15) is 0 Å². The Kier molecular flexibility index (Phi) is 4.60. The fourth-order valence-corrected chi connectivity index (χ4v) is 4.68. The lowest BCUT2D eigenvalue weighted by Gasteiger charge is -2.50. The standard InChI is InChI=1S/C21H25N5O3/c27-19-14-29-17-13-26(10-7-21(17,24-19)15-4-2-1-3-5-15)20(28)16-12-25-11-9-22-8-6-18(25)23-16/h1-5,12,17,22H,6-11,13-14H2,(H,24,27)/t17-,21+/m1/s1. The molecule has 5 rings (SSSR count). The van der Waals surface area contributed by atoms with Crippen LogP contribution in [0.3, 0.4) is 0 Å². The van der Waals surface area contributed by atoms with E-state index in [0.29, 0.717) is 25.2 Å². The van der Waals surface area contributed by atoms with Crippen molar-refractivity contribution >= 4 is 11.8 Å². The maximum atomic E-state index is 13.2. The smallest absolute Gasteiger partial charge is 0.274 e. The van der Waals surface area contributed by atoms with Gasteiger partial charge in [-0.05, 0) is 12.0 Å². The molecule has 2 fully saturated rings. The number of benzene rings is 1. The SMILES string of the molecule is O=C1CO[C@@H]2CN(C(=O)c3cn4c(n3)CCNCC4)CC[C@@]2(c2ccccc2)N1. The van der Waals surface area contributed by atoms with Crippen molar-refractivity contribution < 1.29 is 14.3 Å². The Morgan fingerprint density at radius 2 is 2.07 bits per heavy atom. The molecule has 1 aromatic carbocycles. The first kappa shape index (κ1) is 18.3. The number of morpholine rings is 1. The van der Waals surface area contributed by atoms with Gasteiger partial charge in [0.25, 0.3) is 5.91 Å². The van der Waals surface area contributed by atoms with Crippen molar-refractivity contribution in [2.45, 2.75) is 31.0 Å². The number of aromatic nitrogens is 2. The fourth-order valence-electron chi connectivity index (χ4n) is 4.68. The maximum absolute atomic E-state index is 13.2. The molecule has 2 N–H and O–H groups in total. The summed E-state index contributed by atoms with van der Waals surface area (Å²) in [5, 5.41) is 6.51. The van der Waals surface area contributed by atoms with E-state index in [-0.39, 0.29) is 24.5 Å². The van der Waals surface area contributed by atoms with E-state index < -0.39 is 5.54 Å². The molecule has 2 amide bonds. The summed E-state index contributed by atoms with van der Waals surface area (Å²) >= 11 is 0. The van der Waals surface area contributed by atoms with Crippen LogP contribution in [0.1, 0.15) is 28.3 Å². The number of carbonyl (C=O) groups excluding carboxylic acids is 2. The van der Waals surface area contributed by atoms with Crippen LogP contribution in [0.25, 0.3) is 0 Å². The summed E-state index contributed by atoms with van der Waals surface area (Å²) in [6.45, 7) is 3.58. The van der Waals surface area contributed by atoms with Crippen LogP contribution >= 0.6 is 0 Å². The Bertz CT molecular complexity index is 904. The Balaban J connectivity index is 1.39. The number of rotatable bonds is 2. The van der Waals surface area contributed by atoms with Crippen LogP contribution in [0.15, 0.2) is 36.5 Å². The Morgan fingerprint density at radius 1 is 1.21 bits per heavy atom. The summed E-state index contributed by atoms with van der Waals surface area (Å²) in [5.41, 5.74) is 0.921. The van der Waals surface area contributed by atoms with Crippen LogP contribution < -0.4 is 10.6 Å². The van der Waals surface area contributed by atoms with Crippen molar-refractivity contribution in [1.82, 2.24) is 25.1 Å². The molecule has 1 aromatic heterocycles. The highest BCUT2D eigenvalue weighted by molar-refractivity contribution is 5.92. The average Bonchev–Trinajstić information content (AvgIpc) is 3.03. The molecule has 0 bridgehead atoms. The summed E-state index contributed by atoms with van der Waals surface area (Å²) in [6.07, 6.45) is 3.01. The van der Waals surface area contributed by atoms with Crippen LogP contribution in [0.4, 0.5) is 0 Å². The number of nitrogens with one attached hydrogen (secondary N) is 2. The molecule has 2 aromatic rings. The van der Waals surface area contributed by atoms with Gasteiger partial charge >= 0.3 is 0 Å². The van der Waals surface area contributed by atoms with E-state index in [1.165, 1.54) is 0 Å². The molecule has 2 saturated heterocycles. The monoisotopic (exact) mass is 395 g/mol. The molecule has 0 unspecified atom stereocenters. The highest BCUT2D eigenvalue weighted by Crippen LogP contribution is 2.37. The summed E-state index contributed by atoms with van der Waals surface area (Å²) < 4.78 is 8.00. The Hall–Kier alpha value is -2.71. The number of piperidine rings is 1. The number of hydrogen-bond donors (Lipinski definition) is 2. The molecule has 152 valence electrons. The van der Waals surface area contributed by atoms with Gasteiger partial charge in [-0.15, -0.1) is 0 Å². The van der Waals surface area contributed by atoms with E-state index in [0.717, 1.165) is 37.4 Å². The van der Waals surface area contributed by atoms with Gasteiger partial charge < -0.3 is 24.8 Å². The van der Waals surface area contributed by atoms with Gasteiger partial charge in [0, 0.05) is 45.3 Å².